The standard InChI is InChI=1S/C13H20F2N2O3S/c1-2-7-16-21(19,20)12-5-3-11(4-6-12)17(8-9-18)10-13(14)15/h3-6,13,16,18H,2,7-10H2,1H3. The first-order valence-electron chi connectivity index (χ1n) is 6.64. The molecule has 21 heavy (non-hydrogen) atoms. The van der Waals surface area contributed by atoms with Gasteiger partial charge in [0.25, 0.3) is 6.43 Å². The number of anilines is 1. The Hall–Kier alpha value is -1.25. The zero-order valence-electron chi connectivity index (χ0n) is 11.8. The van der Waals surface area contributed by atoms with Crippen LogP contribution in [0, 0.1) is 0 Å². The summed E-state index contributed by atoms with van der Waals surface area (Å²) in [4.78, 5) is 1.39. The lowest BCUT2D eigenvalue weighted by Gasteiger charge is -2.23. The highest BCUT2D eigenvalue weighted by Crippen LogP contribution is 2.18. The lowest BCUT2D eigenvalue weighted by atomic mass is 10.3. The summed E-state index contributed by atoms with van der Waals surface area (Å²) in [7, 11) is -3.57. The molecule has 2 N–H and O–H groups in total. The average Bonchev–Trinajstić information content (AvgIpc) is 2.44. The van der Waals surface area contributed by atoms with Crippen LogP contribution in [-0.4, -0.2) is 46.2 Å². The Morgan fingerprint density at radius 3 is 2.38 bits per heavy atom. The molecule has 0 saturated carbocycles. The number of halogens is 2. The molecule has 0 fully saturated rings. The fourth-order valence-electron chi connectivity index (χ4n) is 1.77. The predicted octanol–water partition coefficient (Wildman–Crippen LogP) is 1.44. The van der Waals surface area contributed by atoms with E-state index < -0.39 is 23.0 Å². The van der Waals surface area contributed by atoms with Gasteiger partial charge in [0.15, 0.2) is 0 Å². The number of hydrogen-bond donors (Lipinski definition) is 2. The van der Waals surface area contributed by atoms with Gasteiger partial charge in [-0.1, -0.05) is 6.92 Å². The number of aliphatic hydroxyl groups excluding tert-OH is 1. The molecule has 8 heteroatoms. The number of benzene rings is 1. The highest BCUT2D eigenvalue weighted by Gasteiger charge is 2.15. The van der Waals surface area contributed by atoms with Crippen LogP contribution in [0.3, 0.4) is 0 Å². The monoisotopic (exact) mass is 322 g/mol. The van der Waals surface area contributed by atoms with Crippen LogP contribution in [0.5, 0.6) is 0 Å². The van der Waals surface area contributed by atoms with Gasteiger partial charge in [0.05, 0.1) is 18.0 Å². The Labute approximate surface area is 123 Å². The second kappa shape index (κ2) is 8.26. The molecule has 1 aromatic carbocycles. The number of nitrogens with one attached hydrogen (secondary N) is 1. The Balaban J connectivity index is 2.89. The average molecular weight is 322 g/mol. The summed E-state index contributed by atoms with van der Waals surface area (Å²) in [5.74, 6) is 0. The molecular weight excluding hydrogens is 302 g/mol. The number of aliphatic hydroxyl groups is 1. The minimum atomic E-state index is -3.57. The fraction of sp³-hybridized carbons (Fsp3) is 0.538. The fourth-order valence-corrected chi connectivity index (χ4v) is 2.90. The Morgan fingerprint density at radius 2 is 1.90 bits per heavy atom. The van der Waals surface area contributed by atoms with Gasteiger partial charge in [-0.3, -0.25) is 0 Å². The molecule has 0 heterocycles. The summed E-state index contributed by atoms with van der Waals surface area (Å²) in [5, 5.41) is 8.90. The van der Waals surface area contributed by atoms with Gasteiger partial charge in [0.1, 0.15) is 0 Å². The molecule has 0 bridgehead atoms. The first kappa shape index (κ1) is 17.8. The molecule has 120 valence electrons. The van der Waals surface area contributed by atoms with Gasteiger partial charge in [-0.2, -0.15) is 0 Å². The van der Waals surface area contributed by atoms with E-state index in [0.29, 0.717) is 18.7 Å². The minimum Gasteiger partial charge on any atom is -0.395 e. The highest BCUT2D eigenvalue weighted by molar-refractivity contribution is 7.89. The Bertz CT molecular complexity index is 521. The summed E-state index contributed by atoms with van der Waals surface area (Å²) in [6.45, 7) is 1.48. The zero-order chi connectivity index (χ0) is 15.9. The first-order valence-corrected chi connectivity index (χ1v) is 8.12. The molecule has 0 unspecified atom stereocenters. The summed E-state index contributed by atoms with van der Waals surface area (Å²) in [6, 6.07) is 5.64. The lowest BCUT2D eigenvalue weighted by molar-refractivity contribution is 0.153. The second-order valence-corrected chi connectivity index (χ2v) is 6.22. The van der Waals surface area contributed by atoms with Crippen molar-refractivity contribution in [2.45, 2.75) is 24.7 Å². The van der Waals surface area contributed by atoms with Gasteiger partial charge in [0.2, 0.25) is 10.0 Å². The van der Waals surface area contributed by atoms with Crippen LogP contribution < -0.4 is 9.62 Å². The molecule has 0 radical (unpaired) electrons. The van der Waals surface area contributed by atoms with E-state index in [2.05, 4.69) is 4.72 Å². The zero-order valence-corrected chi connectivity index (χ0v) is 12.6. The largest absolute Gasteiger partial charge is 0.395 e. The van der Waals surface area contributed by atoms with Crippen molar-refractivity contribution >= 4 is 15.7 Å². The molecule has 0 aliphatic carbocycles. The topological polar surface area (TPSA) is 69.6 Å². The molecular formula is C13H20F2N2O3S. The third-order valence-electron chi connectivity index (χ3n) is 2.78. The molecule has 0 spiro atoms. The van der Waals surface area contributed by atoms with E-state index in [1.807, 2.05) is 6.92 Å². The van der Waals surface area contributed by atoms with Gasteiger partial charge in [-0.15, -0.1) is 0 Å². The normalized spacial score (nSPS) is 11.9. The second-order valence-electron chi connectivity index (χ2n) is 4.45. The Morgan fingerprint density at radius 1 is 1.29 bits per heavy atom. The van der Waals surface area contributed by atoms with E-state index in [9.17, 15) is 17.2 Å². The van der Waals surface area contributed by atoms with Gasteiger partial charge < -0.3 is 10.0 Å². The first-order chi connectivity index (χ1) is 9.90. The molecule has 1 aromatic rings. The lowest BCUT2D eigenvalue weighted by Crippen LogP contribution is -2.31. The SMILES string of the molecule is CCCNS(=O)(=O)c1ccc(N(CCO)CC(F)F)cc1. The molecule has 0 aromatic heterocycles. The maximum absolute atomic E-state index is 12.5. The number of sulfonamides is 1. The summed E-state index contributed by atoms with van der Waals surface area (Å²) >= 11 is 0. The summed E-state index contributed by atoms with van der Waals surface area (Å²) in [6.07, 6.45) is -1.86. The van der Waals surface area contributed by atoms with E-state index >= 15 is 0 Å². The van der Waals surface area contributed by atoms with Crippen LogP contribution in [0.25, 0.3) is 0 Å². The number of hydrogen-bond acceptors (Lipinski definition) is 4. The summed E-state index contributed by atoms with van der Waals surface area (Å²) in [5.41, 5.74) is 0.443. The van der Waals surface area contributed by atoms with E-state index in [1.165, 1.54) is 29.2 Å². The molecule has 0 saturated heterocycles. The van der Waals surface area contributed by atoms with Crippen LogP contribution in [-0.2, 0) is 10.0 Å². The Kier molecular flexibility index (Phi) is 7.00. The van der Waals surface area contributed by atoms with E-state index in [4.69, 9.17) is 5.11 Å². The number of rotatable bonds is 9. The smallest absolute Gasteiger partial charge is 0.255 e. The molecule has 0 atom stereocenters. The van der Waals surface area contributed by atoms with Crippen LogP contribution in [0.1, 0.15) is 13.3 Å². The van der Waals surface area contributed by atoms with Crippen LogP contribution >= 0.6 is 0 Å². The van der Waals surface area contributed by atoms with Crippen LogP contribution in [0.2, 0.25) is 0 Å². The van der Waals surface area contributed by atoms with E-state index in [0.717, 1.165) is 0 Å². The molecule has 1 rings (SSSR count). The number of nitrogens with zero attached hydrogens (tertiary/aromatic N) is 1. The van der Waals surface area contributed by atoms with Crippen molar-refractivity contribution in [3.63, 3.8) is 0 Å². The molecule has 0 aliphatic heterocycles. The van der Waals surface area contributed by atoms with Crippen molar-refractivity contribution in [1.29, 1.82) is 0 Å². The van der Waals surface area contributed by atoms with E-state index in [1.54, 1.807) is 0 Å². The van der Waals surface area contributed by atoms with Gasteiger partial charge >= 0.3 is 0 Å². The molecule has 5 nitrogen and oxygen atoms in total. The van der Waals surface area contributed by atoms with Crippen molar-refractivity contribution in [3.05, 3.63) is 24.3 Å². The van der Waals surface area contributed by atoms with E-state index in [-0.39, 0.29) is 18.0 Å². The molecule has 0 amide bonds. The maximum Gasteiger partial charge on any atom is 0.255 e. The number of alkyl halides is 2. The van der Waals surface area contributed by atoms with Crippen molar-refractivity contribution in [1.82, 2.24) is 4.72 Å². The van der Waals surface area contributed by atoms with Crippen molar-refractivity contribution in [3.8, 4) is 0 Å². The van der Waals surface area contributed by atoms with Crippen molar-refractivity contribution in [2.75, 3.05) is 31.1 Å². The molecule has 0 aliphatic rings. The van der Waals surface area contributed by atoms with Crippen molar-refractivity contribution < 1.29 is 22.3 Å². The summed E-state index contributed by atoms with van der Waals surface area (Å²) < 4.78 is 51.2. The van der Waals surface area contributed by atoms with Gasteiger partial charge in [-0.05, 0) is 30.7 Å². The highest BCUT2D eigenvalue weighted by atomic mass is 32.2. The third kappa shape index (κ3) is 5.56. The maximum atomic E-state index is 12.5. The van der Waals surface area contributed by atoms with Gasteiger partial charge in [-0.25, -0.2) is 21.9 Å². The third-order valence-corrected chi connectivity index (χ3v) is 4.26. The van der Waals surface area contributed by atoms with Gasteiger partial charge in [0, 0.05) is 18.8 Å². The predicted molar refractivity (Wildman–Crippen MR) is 77.2 cm³/mol. The quantitative estimate of drug-likeness (QED) is 0.722. The van der Waals surface area contributed by atoms with Crippen LogP contribution in [0.4, 0.5) is 14.5 Å². The van der Waals surface area contributed by atoms with Crippen molar-refractivity contribution in [2.24, 2.45) is 0 Å². The van der Waals surface area contributed by atoms with Crippen LogP contribution in [0.15, 0.2) is 29.2 Å². The minimum absolute atomic E-state index is 0.0600.